The molecule has 1 fully saturated rings. The topological polar surface area (TPSA) is 49.8 Å². The van der Waals surface area contributed by atoms with E-state index in [1.807, 2.05) is 4.90 Å². The van der Waals surface area contributed by atoms with Gasteiger partial charge in [-0.2, -0.15) is 13.2 Å². The van der Waals surface area contributed by atoms with E-state index in [2.05, 4.69) is 0 Å². The fourth-order valence-corrected chi connectivity index (χ4v) is 2.36. The highest BCUT2D eigenvalue weighted by molar-refractivity contribution is 8.00. The Kier molecular flexibility index (Phi) is 6.24. The lowest BCUT2D eigenvalue weighted by molar-refractivity contribution is -0.145. The van der Waals surface area contributed by atoms with E-state index < -0.39 is 11.5 Å². The fraction of sp³-hybridized carbons (Fsp3) is 0.900. The number of hydrogen-bond donors (Lipinski definition) is 1. The van der Waals surface area contributed by atoms with E-state index >= 15 is 0 Å². The van der Waals surface area contributed by atoms with Crippen LogP contribution in [-0.4, -0.2) is 59.6 Å². The predicted molar refractivity (Wildman–Crippen MR) is 61.6 cm³/mol. The van der Waals surface area contributed by atoms with Crippen LogP contribution in [0.2, 0.25) is 0 Å². The highest BCUT2D eigenvalue weighted by Crippen LogP contribution is 2.30. The number of carboxylic acids is 1. The van der Waals surface area contributed by atoms with Gasteiger partial charge < -0.3 is 14.7 Å². The van der Waals surface area contributed by atoms with Gasteiger partial charge in [0.1, 0.15) is 6.61 Å². The Morgan fingerprint density at radius 1 is 1.39 bits per heavy atom. The lowest BCUT2D eigenvalue weighted by Crippen LogP contribution is -2.38. The summed E-state index contributed by atoms with van der Waals surface area (Å²) in [7, 11) is 0. The first-order chi connectivity index (χ1) is 8.37. The van der Waals surface area contributed by atoms with Gasteiger partial charge in [0.2, 0.25) is 0 Å². The van der Waals surface area contributed by atoms with Gasteiger partial charge in [-0.1, -0.05) is 0 Å². The third kappa shape index (κ3) is 7.07. The van der Waals surface area contributed by atoms with E-state index in [1.54, 1.807) is 0 Å². The summed E-state index contributed by atoms with van der Waals surface area (Å²) in [5.74, 6) is -0.969. The SMILES string of the molecule is O=C(O)COC1CCN(CCSC(F)(F)F)CC1. The summed E-state index contributed by atoms with van der Waals surface area (Å²) in [4.78, 5) is 12.2. The molecule has 0 spiro atoms. The molecule has 0 unspecified atom stereocenters. The van der Waals surface area contributed by atoms with E-state index in [0.29, 0.717) is 32.5 Å². The molecule has 0 amide bonds. The second-order valence-corrected chi connectivity index (χ2v) is 5.20. The molecule has 1 N–H and O–H groups in total. The van der Waals surface area contributed by atoms with Crippen molar-refractivity contribution < 1.29 is 27.8 Å². The number of ether oxygens (including phenoxy) is 1. The Labute approximate surface area is 107 Å². The summed E-state index contributed by atoms with van der Waals surface area (Å²) in [6.45, 7) is 1.40. The number of aliphatic carboxylic acids is 1. The summed E-state index contributed by atoms with van der Waals surface area (Å²) < 4.78 is 40.9. The Morgan fingerprint density at radius 2 is 2.00 bits per heavy atom. The highest BCUT2D eigenvalue weighted by atomic mass is 32.2. The summed E-state index contributed by atoms with van der Waals surface area (Å²) in [5, 5.41) is 8.44. The zero-order chi connectivity index (χ0) is 13.6. The van der Waals surface area contributed by atoms with Crippen molar-refractivity contribution in [2.75, 3.05) is 32.0 Å². The summed E-state index contributed by atoms with van der Waals surface area (Å²) in [6.07, 6.45) is 1.25. The zero-order valence-corrected chi connectivity index (χ0v) is 10.6. The van der Waals surface area contributed by atoms with Crippen molar-refractivity contribution >= 4 is 17.7 Å². The van der Waals surface area contributed by atoms with Gasteiger partial charge in [0, 0.05) is 25.4 Å². The van der Waals surface area contributed by atoms with Crippen molar-refractivity contribution in [1.29, 1.82) is 0 Å². The van der Waals surface area contributed by atoms with Crippen molar-refractivity contribution in [3.63, 3.8) is 0 Å². The first kappa shape index (κ1) is 15.6. The minimum absolute atomic E-state index is 0.00844. The Balaban J connectivity index is 2.10. The molecular weight excluding hydrogens is 271 g/mol. The van der Waals surface area contributed by atoms with Gasteiger partial charge in [0.15, 0.2) is 0 Å². The standard InChI is InChI=1S/C10H16F3NO3S/c11-10(12,13)18-6-5-14-3-1-8(2-4-14)17-7-9(15)16/h8H,1-7H2,(H,15,16). The van der Waals surface area contributed by atoms with E-state index in [0.717, 1.165) is 0 Å². The maximum absolute atomic E-state index is 11.9. The van der Waals surface area contributed by atoms with Crippen LogP contribution < -0.4 is 0 Å². The van der Waals surface area contributed by atoms with Crippen molar-refractivity contribution in [3.8, 4) is 0 Å². The third-order valence-corrected chi connectivity index (χ3v) is 3.36. The first-order valence-electron chi connectivity index (χ1n) is 5.63. The van der Waals surface area contributed by atoms with Crippen LogP contribution in [0, 0.1) is 0 Å². The molecule has 0 bridgehead atoms. The average Bonchev–Trinajstić information content (AvgIpc) is 2.26. The molecule has 8 heteroatoms. The number of likely N-dealkylation sites (tertiary alicyclic amines) is 1. The van der Waals surface area contributed by atoms with Crippen LogP contribution in [-0.2, 0) is 9.53 Å². The number of carboxylic acid groups (broad SMARTS) is 1. The zero-order valence-electron chi connectivity index (χ0n) is 9.78. The number of nitrogens with zero attached hydrogens (tertiary/aromatic N) is 1. The molecule has 0 aliphatic carbocycles. The van der Waals surface area contributed by atoms with Crippen LogP contribution in [0.4, 0.5) is 13.2 Å². The second-order valence-electron chi connectivity index (χ2n) is 4.04. The maximum atomic E-state index is 11.9. The number of rotatable bonds is 6. The molecule has 0 aromatic heterocycles. The highest BCUT2D eigenvalue weighted by Gasteiger charge is 2.28. The lowest BCUT2D eigenvalue weighted by Gasteiger charge is -2.31. The molecule has 0 aromatic rings. The van der Waals surface area contributed by atoms with Crippen LogP contribution >= 0.6 is 11.8 Å². The van der Waals surface area contributed by atoms with E-state index in [-0.39, 0.29) is 30.2 Å². The molecule has 1 saturated heterocycles. The second kappa shape index (κ2) is 7.20. The first-order valence-corrected chi connectivity index (χ1v) is 6.62. The molecule has 0 atom stereocenters. The van der Waals surface area contributed by atoms with Gasteiger partial charge in [-0.3, -0.25) is 0 Å². The Bertz CT molecular complexity index is 268. The monoisotopic (exact) mass is 287 g/mol. The molecule has 18 heavy (non-hydrogen) atoms. The number of piperidine rings is 1. The molecule has 0 aromatic carbocycles. The van der Waals surface area contributed by atoms with Crippen molar-refractivity contribution in [2.24, 2.45) is 0 Å². The number of hydrogen-bond acceptors (Lipinski definition) is 4. The van der Waals surface area contributed by atoms with Crippen LogP contribution in [0.5, 0.6) is 0 Å². The maximum Gasteiger partial charge on any atom is 0.441 e. The molecule has 1 aliphatic heterocycles. The summed E-state index contributed by atoms with van der Waals surface area (Å²) >= 11 is -0.00844. The molecule has 0 radical (unpaired) electrons. The number of thioether (sulfide) groups is 1. The normalized spacial score (nSPS) is 19.1. The van der Waals surface area contributed by atoms with Crippen LogP contribution in [0.1, 0.15) is 12.8 Å². The molecule has 106 valence electrons. The largest absolute Gasteiger partial charge is 0.480 e. The quantitative estimate of drug-likeness (QED) is 0.807. The summed E-state index contributed by atoms with van der Waals surface area (Å²) in [5.41, 5.74) is -4.16. The smallest absolute Gasteiger partial charge is 0.441 e. The fourth-order valence-electron chi connectivity index (χ4n) is 1.78. The minimum atomic E-state index is -4.16. The molecule has 1 rings (SSSR count). The van der Waals surface area contributed by atoms with Gasteiger partial charge in [0.05, 0.1) is 6.10 Å². The van der Waals surface area contributed by atoms with Gasteiger partial charge in [-0.05, 0) is 24.6 Å². The molecule has 1 aliphatic rings. The van der Waals surface area contributed by atoms with Crippen LogP contribution in [0.15, 0.2) is 0 Å². The molecule has 0 saturated carbocycles. The molecular formula is C10H16F3NO3S. The van der Waals surface area contributed by atoms with Crippen molar-refractivity contribution in [1.82, 2.24) is 4.90 Å². The van der Waals surface area contributed by atoms with E-state index in [9.17, 15) is 18.0 Å². The average molecular weight is 287 g/mol. The number of halogens is 3. The Morgan fingerprint density at radius 3 is 2.50 bits per heavy atom. The van der Waals surface area contributed by atoms with Gasteiger partial charge in [-0.15, -0.1) is 0 Å². The van der Waals surface area contributed by atoms with Crippen molar-refractivity contribution in [3.05, 3.63) is 0 Å². The van der Waals surface area contributed by atoms with Crippen LogP contribution in [0.25, 0.3) is 0 Å². The van der Waals surface area contributed by atoms with Gasteiger partial charge in [-0.25, -0.2) is 4.79 Å². The van der Waals surface area contributed by atoms with Gasteiger partial charge >= 0.3 is 11.5 Å². The molecule has 1 heterocycles. The van der Waals surface area contributed by atoms with Gasteiger partial charge in [0.25, 0.3) is 0 Å². The number of carbonyl (C=O) groups is 1. The van der Waals surface area contributed by atoms with E-state index in [4.69, 9.17) is 9.84 Å². The Hall–Kier alpha value is -0.470. The third-order valence-electron chi connectivity index (χ3n) is 2.65. The minimum Gasteiger partial charge on any atom is -0.480 e. The number of alkyl halides is 3. The lowest BCUT2D eigenvalue weighted by atomic mass is 10.1. The molecule has 4 nitrogen and oxygen atoms in total. The van der Waals surface area contributed by atoms with Crippen molar-refractivity contribution in [2.45, 2.75) is 24.5 Å². The van der Waals surface area contributed by atoms with Crippen LogP contribution in [0.3, 0.4) is 0 Å². The predicted octanol–water partition coefficient (Wildman–Crippen LogP) is 1.80. The van der Waals surface area contributed by atoms with E-state index in [1.165, 1.54) is 0 Å². The summed E-state index contributed by atoms with van der Waals surface area (Å²) in [6, 6.07) is 0.